The maximum Gasteiger partial charge on any atom is 0.276 e. The van der Waals surface area contributed by atoms with E-state index in [0.717, 1.165) is 11.1 Å². The van der Waals surface area contributed by atoms with Crippen molar-refractivity contribution >= 4 is 10.9 Å². The van der Waals surface area contributed by atoms with E-state index in [1.807, 2.05) is 6.92 Å². The zero-order valence-corrected chi connectivity index (χ0v) is 16.2. The predicted molar refractivity (Wildman–Crippen MR) is 104 cm³/mol. The van der Waals surface area contributed by atoms with E-state index in [1.54, 1.807) is 30.6 Å². The smallest absolute Gasteiger partial charge is 0.276 e. The molecule has 0 radical (unpaired) electrons. The van der Waals surface area contributed by atoms with Crippen molar-refractivity contribution in [2.75, 3.05) is 6.61 Å². The fourth-order valence-corrected chi connectivity index (χ4v) is 3.72. The second-order valence-corrected chi connectivity index (χ2v) is 7.35. The largest absolute Gasteiger partial charge is 0.373 e. The number of aromatic nitrogens is 5. The van der Waals surface area contributed by atoms with Crippen LogP contribution in [0.4, 0.5) is 4.39 Å². The van der Waals surface area contributed by atoms with Crippen LogP contribution in [0.25, 0.3) is 10.9 Å². The molecular weight excluding hydrogens is 389 g/mol. The van der Waals surface area contributed by atoms with Crippen LogP contribution in [0.15, 0.2) is 52.0 Å². The molecule has 0 spiro atoms. The van der Waals surface area contributed by atoms with E-state index in [9.17, 15) is 9.18 Å². The lowest BCUT2D eigenvalue weighted by atomic mass is 10.00. The topological polar surface area (TPSA) is 95.9 Å². The monoisotopic (exact) mass is 407 g/mol. The Balaban J connectivity index is 1.34. The Hall–Kier alpha value is -3.46. The lowest BCUT2D eigenvalue weighted by Crippen LogP contribution is -2.24. The Morgan fingerprint density at radius 2 is 2.07 bits per heavy atom. The normalized spacial score (nSPS) is 18.9. The van der Waals surface area contributed by atoms with E-state index in [1.165, 1.54) is 16.8 Å². The minimum absolute atomic E-state index is 0.0368. The van der Waals surface area contributed by atoms with Gasteiger partial charge in [0.05, 0.1) is 29.8 Å². The maximum atomic E-state index is 13.1. The molecule has 5 rings (SSSR count). The van der Waals surface area contributed by atoms with Gasteiger partial charge in [-0.25, -0.2) is 9.07 Å². The summed E-state index contributed by atoms with van der Waals surface area (Å²) in [4.78, 5) is 21.4. The van der Waals surface area contributed by atoms with Gasteiger partial charge in [0.1, 0.15) is 12.4 Å². The third-order valence-corrected chi connectivity index (χ3v) is 5.33. The summed E-state index contributed by atoms with van der Waals surface area (Å²) in [6, 6.07) is 8.07. The van der Waals surface area contributed by atoms with Crippen molar-refractivity contribution in [2.24, 2.45) is 0 Å². The number of nitrogens with zero attached hydrogens (tertiary/aromatic N) is 5. The molecule has 3 aromatic heterocycles. The van der Waals surface area contributed by atoms with E-state index in [2.05, 4.69) is 20.2 Å². The molecule has 1 aromatic carbocycles. The van der Waals surface area contributed by atoms with Gasteiger partial charge < -0.3 is 9.26 Å². The molecule has 4 heterocycles. The number of hydrogen-bond donors (Lipinski definition) is 0. The van der Waals surface area contributed by atoms with E-state index in [-0.39, 0.29) is 29.9 Å². The number of rotatable bonds is 4. The molecule has 1 aliphatic rings. The molecule has 30 heavy (non-hydrogen) atoms. The summed E-state index contributed by atoms with van der Waals surface area (Å²) in [6.07, 6.45) is 3.73. The number of pyridine rings is 1. The van der Waals surface area contributed by atoms with Crippen molar-refractivity contribution in [1.29, 1.82) is 0 Å². The SMILES string of the molecule is Cc1ccnc2cnn(Cc3nc(C4CO[C@@H](c5ccc(F)cc5)C4)no3)c(=O)c12. The highest BCUT2D eigenvalue weighted by Crippen LogP contribution is 2.37. The summed E-state index contributed by atoms with van der Waals surface area (Å²) >= 11 is 0. The lowest BCUT2D eigenvalue weighted by molar-refractivity contribution is 0.110. The summed E-state index contributed by atoms with van der Waals surface area (Å²) in [6.45, 7) is 2.38. The number of benzene rings is 1. The fraction of sp³-hybridized carbons (Fsp3) is 0.286. The molecule has 1 unspecified atom stereocenters. The van der Waals surface area contributed by atoms with Gasteiger partial charge in [-0.15, -0.1) is 0 Å². The average Bonchev–Trinajstić information content (AvgIpc) is 3.40. The van der Waals surface area contributed by atoms with Crippen LogP contribution in [0.3, 0.4) is 0 Å². The molecule has 1 saturated heterocycles. The molecule has 1 fully saturated rings. The predicted octanol–water partition coefficient (Wildman–Crippen LogP) is 2.92. The van der Waals surface area contributed by atoms with Crippen LogP contribution < -0.4 is 5.56 Å². The van der Waals surface area contributed by atoms with Gasteiger partial charge in [-0.05, 0) is 42.7 Å². The van der Waals surface area contributed by atoms with E-state index in [0.29, 0.717) is 35.6 Å². The molecule has 0 aliphatic carbocycles. The van der Waals surface area contributed by atoms with Gasteiger partial charge in [0.15, 0.2) is 5.82 Å². The first-order chi connectivity index (χ1) is 14.6. The van der Waals surface area contributed by atoms with Crippen molar-refractivity contribution in [3.8, 4) is 0 Å². The van der Waals surface area contributed by atoms with Crippen molar-refractivity contribution in [2.45, 2.75) is 31.9 Å². The number of aryl methyl sites for hydroxylation is 1. The molecule has 0 amide bonds. The summed E-state index contributed by atoms with van der Waals surface area (Å²) in [7, 11) is 0. The molecule has 9 heteroatoms. The Morgan fingerprint density at radius 1 is 1.23 bits per heavy atom. The molecule has 0 bridgehead atoms. The first-order valence-corrected chi connectivity index (χ1v) is 9.59. The number of fused-ring (bicyclic) bond motifs is 1. The summed E-state index contributed by atoms with van der Waals surface area (Å²) in [5.74, 6) is 0.511. The highest BCUT2D eigenvalue weighted by Gasteiger charge is 2.31. The quantitative estimate of drug-likeness (QED) is 0.513. The maximum absolute atomic E-state index is 13.1. The molecular formula is C21H18FN5O3. The summed E-state index contributed by atoms with van der Waals surface area (Å²) in [5.41, 5.74) is 2.05. The molecule has 152 valence electrons. The standard InChI is InChI=1S/C21H18FN5O3/c1-12-6-7-23-16-9-24-27(21(28)19(12)16)10-18-25-20(26-30-18)14-8-17(29-11-14)13-2-4-15(22)5-3-13/h2-7,9,14,17H,8,10-11H2,1H3/t14?,17-/m1/s1. The first kappa shape index (κ1) is 18.6. The van der Waals surface area contributed by atoms with Gasteiger partial charge in [-0.1, -0.05) is 17.3 Å². The van der Waals surface area contributed by atoms with Crippen LogP contribution in [0, 0.1) is 12.7 Å². The molecule has 8 nitrogen and oxygen atoms in total. The van der Waals surface area contributed by atoms with E-state index < -0.39 is 0 Å². The second-order valence-electron chi connectivity index (χ2n) is 7.35. The minimum atomic E-state index is -0.278. The van der Waals surface area contributed by atoms with Crippen LogP contribution in [0.1, 0.15) is 41.3 Å². The zero-order chi connectivity index (χ0) is 20.7. The zero-order valence-electron chi connectivity index (χ0n) is 16.2. The summed E-state index contributed by atoms with van der Waals surface area (Å²) < 4.78 is 25.6. The lowest BCUT2D eigenvalue weighted by Gasteiger charge is -2.08. The first-order valence-electron chi connectivity index (χ1n) is 9.59. The van der Waals surface area contributed by atoms with Gasteiger partial charge in [0, 0.05) is 12.1 Å². The van der Waals surface area contributed by atoms with Crippen molar-refractivity contribution in [3.05, 3.63) is 81.7 Å². The number of ether oxygens (including phenoxy) is 1. The minimum Gasteiger partial charge on any atom is -0.373 e. The summed E-state index contributed by atoms with van der Waals surface area (Å²) in [5, 5.41) is 8.76. The van der Waals surface area contributed by atoms with Gasteiger partial charge in [-0.3, -0.25) is 9.78 Å². The van der Waals surface area contributed by atoms with Crippen LogP contribution in [-0.4, -0.2) is 31.5 Å². The number of halogens is 1. The van der Waals surface area contributed by atoms with Gasteiger partial charge >= 0.3 is 0 Å². The van der Waals surface area contributed by atoms with Crippen molar-refractivity contribution < 1.29 is 13.7 Å². The van der Waals surface area contributed by atoms with Gasteiger partial charge in [-0.2, -0.15) is 10.1 Å². The van der Waals surface area contributed by atoms with Gasteiger partial charge in [0.25, 0.3) is 5.56 Å². The van der Waals surface area contributed by atoms with Gasteiger partial charge in [0.2, 0.25) is 5.89 Å². The van der Waals surface area contributed by atoms with Crippen LogP contribution >= 0.6 is 0 Å². The Morgan fingerprint density at radius 3 is 2.90 bits per heavy atom. The Kier molecular flexibility index (Phi) is 4.59. The molecule has 1 aliphatic heterocycles. The van der Waals surface area contributed by atoms with Crippen molar-refractivity contribution in [1.82, 2.24) is 24.9 Å². The highest BCUT2D eigenvalue weighted by molar-refractivity contribution is 5.79. The third-order valence-electron chi connectivity index (χ3n) is 5.33. The van der Waals surface area contributed by atoms with Crippen LogP contribution in [0.2, 0.25) is 0 Å². The molecule has 2 atom stereocenters. The molecule has 0 N–H and O–H groups in total. The third kappa shape index (κ3) is 3.37. The molecule has 4 aromatic rings. The Bertz CT molecular complexity index is 1270. The number of hydrogen-bond acceptors (Lipinski definition) is 7. The molecule has 0 saturated carbocycles. The van der Waals surface area contributed by atoms with Crippen LogP contribution in [-0.2, 0) is 11.3 Å². The van der Waals surface area contributed by atoms with E-state index >= 15 is 0 Å². The second kappa shape index (κ2) is 7.42. The highest BCUT2D eigenvalue weighted by atomic mass is 19.1. The Labute approximate surface area is 170 Å². The van der Waals surface area contributed by atoms with Crippen LogP contribution in [0.5, 0.6) is 0 Å². The fourth-order valence-electron chi connectivity index (χ4n) is 3.72. The average molecular weight is 407 g/mol. The van der Waals surface area contributed by atoms with E-state index in [4.69, 9.17) is 9.26 Å². The van der Waals surface area contributed by atoms with Crippen molar-refractivity contribution in [3.63, 3.8) is 0 Å².